The van der Waals surface area contributed by atoms with Crippen molar-refractivity contribution in [3.8, 4) is 0 Å². The summed E-state index contributed by atoms with van der Waals surface area (Å²) in [6, 6.07) is 34.3. The fraction of sp³-hybridized carbons (Fsp3) is 0. The van der Waals surface area contributed by atoms with Crippen LogP contribution in [0, 0.1) is 0 Å². The minimum absolute atomic E-state index is 0. The van der Waals surface area contributed by atoms with E-state index in [1.807, 2.05) is 121 Å². The first-order valence-corrected chi connectivity index (χ1v) is 9.71. The van der Waals surface area contributed by atoms with Crippen LogP contribution in [0.15, 0.2) is 121 Å². The van der Waals surface area contributed by atoms with E-state index in [1.165, 1.54) is 0 Å². The van der Waals surface area contributed by atoms with Crippen LogP contribution in [0.5, 0.6) is 0 Å². The normalized spacial score (nSPS) is 10.3. The van der Waals surface area contributed by atoms with Gasteiger partial charge in [-0.1, -0.05) is 85.0 Å². The third-order valence-corrected chi connectivity index (χ3v) is 4.35. The van der Waals surface area contributed by atoms with Crippen molar-refractivity contribution >= 4 is 23.7 Å². The summed E-state index contributed by atoms with van der Waals surface area (Å²) in [7, 11) is 0. The van der Waals surface area contributed by atoms with Crippen LogP contribution in [0.3, 0.4) is 0 Å². The molecule has 3 heteroatoms. The van der Waals surface area contributed by atoms with E-state index in [1.54, 1.807) is 12.2 Å². The van der Waals surface area contributed by atoms with Crippen LogP contribution in [0.1, 0.15) is 31.8 Å². The van der Waals surface area contributed by atoms with Gasteiger partial charge < -0.3 is 9.59 Å². The zero-order valence-electron chi connectivity index (χ0n) is 16.9. The van der Waals surface area contributed by atoms with Gasteiger partial charge in [-0.3, -0.25) is 0 Å². The van der Waals surface area contributed by atoms with Gasteiger partial charge >= 0.3 is 17.1 Å². The minimum atomic E-state index is 0. The molecular formula is C28H22FeO2. The van der Waals surface area contributed by atoms with E-state index in [2.05, 4.69) is 0 Å². The van der Waals surface area contributed by atoms with Gasteiger partial charge in [0.25, 0.3) is 0 Å². The molecule has 0 unspecified atom stereocenters. The van der Waals surface area contributed by atoms with Gasteiger partial charge in [0, 0.05) is 0 Å². The number of hydrogen-bond donors (Lipinski definition) is 0. The van der Waals surface area contributed by atoms with Gasteiger partial charge in [0.2, 0.25) is 0 Å². The molecule has 4 aromatic carbocycles. The molecule has 31 heavy (non-hydrogen) atoms. The number of carbonyl (C=O) groups is 2. The number of ketones is 2. The van der Waals surface area contributed by atoms with E-state index in [4.69, 9.17) is 0 Å². The molecule has 4 rings (SSSR count). The molecule has 0 saturated heterocycles. The second-order valence-corrected chi connectivity index (χ2v) is 6.56. The molecule has 0 fully saturated rings. The molecule has 0 amide bonds. The number of benzene rings is 2. The average molecular weight is 446 g/mol. The van der Waals surface area contributed by atoms with E-state index in [9.17, 15) is 9.59 Å². The van der Waals surface area contributed by atoms with Crippen molar-refractivity contribution in [2.24, 2.45) is 0 Å². The van der Waals surface area contributed by atoms with Crippen molar-refractivity contribution in [1.29, 1.82) is 0 Å². The number of hydrogen-bond acceptors (Lipinski definition) is 2. The van der Waals surface area contributed by atoms with Crippen molar-refractivity contribution in [3.63, 3.8) is 0 Å². The summed E-state index contributed by atoms with van der Waals surface area (Å²) in [5, 5.41) is 0. The third kappa shape index (κ3) is 8.02. The Balaban J connectivity index is 0.000000213. The fourth-order valence-electron chi connectivity index (χ4n) is 2.74. The van der Waals surface area contributed by atoms with E-state index in [0.29, 0.717) is 0 Å². The molecular weight excluding hydrogens is 424 g/mol. The second-order valence-electron chi connectivity index (χ2n) is 6.56. The topological polar surface area (TPSA) is 34.1 Å². The van der Waals surface area contributed by atoms with Gasteiger partial charge in [0.15, 0.2) is 0 Å². The summed E-state index contributed by atoms with van der Waals surface area (Å²) in [6.07, 6.45) is 6.86. The zero-order chi connectivity index (χ0) is 21.0. The monoisotopic (exact) mass is 446 g/mol. The predicted octanol–water partition coefficient (Wildman–Crippen LogP) is 6.60. The van der Waals surface area contributed by atoms with Crippen molar-refractivity contribution in [3.05, 3.63) is 144 Å². The molecule has 0 bridgehead atoms. The van der Waals surface area contributed by atoms with E-state index in [-0.39, 0.29) is 28.6 Å². The predicted molar refractivity (Wildman–Crippen MR) is 124 cm³/mol. The Hall–Kier alpha value is -3.52. The first-order chi connectivity index (χ1) is 14.7. The molecule has 0 radical (unpaired) electrons. The molecule has 0 N–H and O–H groups in total. The summed E-state index contributed by atoms with van der Waals surface area (Å²) in [4.78, 5) is 23.2. The van der Waals surface area contributed by atoms with Gasteiger partial charge in [0.1, 0.15) is 11.6 Å². The summed E-state index contributed by atoms with van der Waals surface area (Å²) in [6.45, 7) is 0. The Morgan fingerprint density at radius 1 is 0.548 bits per heavy atom. The zero-order valence-corrected chi connectivity index (χ0v) is 18.0. The number of allylic oxidation sites excluding steroid dienone is 2. The first-order valence-electron chi connectivity index (χ1n) is 9.71. The van der Waals surface area contributed by atoms with Crippen molar-refractivity contribution in [1.82, 2.24) is 0 Å². The number of rotatable bonds is 6. The molecule has 0 aliphatic carbocycles. The smallest absolute Gasteiger partial charge is 0.347 e. The molecule has 0 atom stereocenters. The number of carbonyl (C=O) groups excluding carboxylic acids is 2. The van der Waals surface area contributed by atoms with E-state index < -0.39 is 0 Å². The molecule has 154 valence electrons. The SMILES string of the molecule is O=C(/C=C/c1ccccc1)c1ccc[cH-]1.O=C(/C=C/c1ccccc1)c1ccc[cH-]1.[Fe+2]. The van der Waals surface area contributed by atoms with Gasteiger partial charge in [-0.2, -0.15) is 36.4 Å². The molecule has 0 saturated carbocycles. The molecule has 2 nitrogen and oxygen atoms in total. The maximum absolute atomic E-state index is 11.6. The largest absolute Gasteiger partial charge is 2.00 e. The van der Waals surface area contributed by atoms with Gasteiger partial charge in [-0.15, -0.1) is 23.3 Å². The molecule has 0 aliphatic rings. The van der Waals surface area contributed by atoms with Crippen molar-refractivity contribution in [2.75, 3.05) is 0 Å². The minimum Gasteiger partial charge on any atom is -0.347 e. The third-order valence-electron chi connectivity index (χ3n) is 4.35. The van der Waals surface area contributed by atoms with Crippen molar-refractivity contribution < 1.29 is 26.7 Å². The Labute approximate surface area is 193 Å². The Morgan fingerprint density at radius 3 is 1.26 bits per heavy atom. The maximum Gasteiger partial charge on any atom is 2.00 e. The Morgan fingerprint density at radius 2 is 0.935 bits per heavy atom. The fourth-order valence-corrected chi connectivity index (χ4v) is 2.74. The van der Waals surface area contributed by atoms with Gasteiger partial charge in [-0.25, -0.2) is 0 Å². The average Bonchev–Trinajstić information content (AvgIpc) is 3.52. The van der Waals surface area contributed by atoms with Crippen LogP contribution in [-0.4, -0.2) is 11.6 Å². The molecule has 0 spiro atoms. The van der Waals surface area contributed by atoms with Crippen LogP contribution >= 0.6 is 0 Å². The molecule has 0 aliphatic heterocycles. The molecule has 0 aromatic heterocycles. The summed E-state index contributed by atoms with van der Waals surface area (Å²) in [5.41, 5.74) is 3.55. The van der Waals surface area contributed by atoms with E-state index >= 15 is 0 Å². The van der Waals surface area contributed by atoms with Crippen LogP contribution < -0.4 is 0 Å². The van der Waals surface area contributed by atoms with Crippen LogP contribution in [-0.2, 0) is 17.1 Å². The summed E-state index contributed by atoms with van der Waals surface area (Å²) in [5.74, 6) is 0.0905. The van der Waals surface area contributed by atoms with Crippen LogP contribution in [0.25, 0.3) is 12.2 Å². The van der Waals surface area contributed by atoms with Crippen molar-refractivity contribution in [2.45, 2.75) is 0 Å². The maximum atomic E-state index is 11.6. The second kappa shape index (κ2) is 12.9. The summed E-state index contributed by atoms with van der Waals surface area (Å²) >= 11 is 0. The molecule has 4 aromatic rings. The van der Waals surface area contributed by atoms with Gasteiger partial charge in [0.05, 0.1) is 0 Å². The Bertz CT molecular complexity index is 997. The quantitative estimate of drug-likeness (QED) is 0.145. The standard InChI is InChI=1S/2C14H11O.Fe/c2*15-14(13-8-4-5-9-13)11-10-12-6-2-1-3-7-12;/h2*1-11H;/q2*-1;+2/b2*11-10+;. The van der Waals surface area contributed by atoms with Crippen LogP contribution in [0.4, 0.5) is 0 Å². The van der Waals surface area contributed by atoms with E-state index in [0.717, 1.165) is 22.3 Å². The summed E-state index contributed by atoms with van der Waals surface area (Å²) < 4.78 is 0. The first kappa shape index (κ1) is 23.8. The van der Waals surface area contributed by atoms with Crippen LogP contribution in [0.2, 0.25) is 0 Å². The molecule has 0 heterocycles. The Kier molecular flexibility index (Phi) is 9.90. The van der Waals surface area contributed by atoms with Gasteiger partial charge in [-0.05, 0) is 11.1 Å².